The number of nitrogens with two attached hydrogens (primary N) is 2. The van der Waals surface area contributed by atoms with Gasteiger partial charge in [-0.1, -0.05) is 290 Å². The van der Waals surface area contributed by atoms with Crippen molar-refractivity contribution in [2.75, 3.05) is 26.2 Å². The van der Waals surface area contributed by atoms with Crippen molar-refractivity contribution in [2.24, 2.45) is 11.5 Å². The highest BCUT2D eigenvalue weighted by molar-refractivity contribution is 5.67. The lowest BCUT2D eigenvalue weighted by Gasteiger charge is -2.03. The lowest BCUT2D eigenvalue weighted by atomic mass is 10.0. The van der Waals surface area contributed by atoms with E-state index >= 15 is 0 Å². The summed E-state index contributed by atoms with van der Waals surface area (Å²) in [5.74, 6) is -1.96. The Morgan fingerprint density at radius 1 is 0.269 bits per heavy atom. The van der Waals surface area contributed by atoms with E-state index in [1.54, 1.807) is 0 Å². The summed E-state index contributed by atoms with van der Waals surface area (Å²) in [4.78, 5) is 31.0. The molecule has 0 aromatic rings. The molecule has 0 aromatic heterocycles. The molecule has 0 aliphatic rings. The first kappa shape index (κ1) is 71.8. The van der Waals surface area contributed by atoms with Gasteiger partial charge in [-0.15, -0.1) is 0 Å². The molecule has 0 amide bonds. The van der Waals surface area contributed by atoms with Crippen LogP contribution in [0.5, 0.6) is 0 Å². The van der Waals surface area contributed by atoms with Crippen molar-refractivity contribution in [1.82, 2.24) is 5.32 Å². The number of hydrogen-bond acceptors (Lipinski definition) is 6. The van der Waals surface area contributed by atoms with Gasteiger partial charge in [-0.05, 0) is 19.3 Å². The first-order valence-corrected chi connectivity index (χ1v) is 29.5. The predicted molar refractivity (Wildman–Crippen MR) is 293 cm³/mol. The molecule has 0 saturated heterocycles. The molecule has 9 nitrogen and oxygen atoms in total. The van der Waals surface area contributed by atoms with Gasteiger partial charge in [-0.3, -0.25) is 14.4 Å². The third-order valence-corrected chi connectivity index (χ3v) is 12.6. The molecule has 0 heterocycles. The van der Waals surface area contributed by atoms with Crippen LogP contribution in [0.4, 0.5) is 0 Å². The summed E-state index contributed by atoms with van der Waals surface area (Å²) < 4.78 is 0. The van der Waals surface area contributed by atoms with Crippen LogP contribution in [-0.2, 0) is 14.4 Å². The number of aliphatic carboxylic acids is 3. The average molecular weight is 957 g/mol. The van der Waals surface area contributed by atoms with Crippen molar-refractivity contribution in [3.63, 3.8) is 0 Å². The second-order valence-electron chi connectivity index (χ2n) is 19.6. The van der Waals surface area contributed by atoms with E-state index < -0.39 is 17.9 Å². The molecule has 8 N–H and O–H groups in total. The van der Waals surface area contributed by atoms with Crippen molar-refractivity contribution >= 4 is 17.9 Å². The van der Waals surface area contributed by atoms with E-state index in [0.29, 0.717) is 32.4 Å². The summed E-state index contributed by atoms with van der Waals surface area (Å²) in [6, 6.07) is 0. The Morgan fingerprint density at radius 2 is 0.403 bits per heavy atom. The number of rotatable bonds is 52. The number of carbonyl (C=O) groups is 3. The van der Waals surface area contributed by atoms with E-state index in [0.717, 1.165) is 51.6 Å². The van der Waals surface area contributed by atoms with Crippen molar-refractivity contribution in [1.29, 1.82) is 0 Å². The smallest absolute Gasteiger partial charge is 0.303 e. The maximum absolute atomic E-state index is 10.3. The van der Waals surface area contributed by atoms with Crippen LogP contribution in [0.25, 0.3) is 0 Å². The molecule has 0 spiro atoms. The molecule has 404 valence electrons. The Labute approximate surface area is 418 Å². The summed E-state index contributed by atoms with van der Waals surface area (Å²) in [6.45, 7) is 9.94. The van der Waals surface area contributed by atoms with Crippen molar-refractivity contribution in [3.8, 4) is 0 Å². The molecule has 0 rings (SSSR count). The van der Waals surface area contributed by atoms with Gasteiger partial charge in [0.2, 0.25) is 0 Å². The maximum Gasteiger partial charge on any atom is 0.303 e. The fraction of sp³-hybridized carbons (Fsp3) is 0.948. The van der Waals surface area contributed by atoms with Gasteiger partial charge >= 0.3 is 17.9 Å². The number of hydrogen-bond donors (Lipinski definition) is 6. The van der Waals surface area contributed by atoms with E-state index in [1.807, 2.05) is 0 Å². The zero-order valence-corrected chi connectivity index (χ0v) is 45.5. The normalized spacial score (nSPS) is 10.7. The van der Waals surface area contributed by atoms with Gasteiger partial charge in [0.05, 0.1) is 0 Å². The molecular formula is C58H121N3O6. The van der Waals surface area contributed by atoms with Crippen LogP contribution in [0, 0.1) is 0 Å². The van der Waals surface area contributed by atoms with Crippen LogP contribution in [0.2, 0.25) is 0 Å². The minimum Gasteiger partial charge on any atom is -0.481 e. The van der Waals surface area contributed by atoms with Gasteiger partial charge in [0.15, 0.2) is 0 Å². The second-order valence-corrected chi connectivity index (χ2v) is 19.6. The van der Waals surface area contributed by atoms with Crippen LogP contribution in [0.15, 0.2) is 0 Å². The van der Waals surface area contributed by atoms with E-state index in [2.05, 4.69) is 26.1 Å². The van der Waals surface area contributed by atoms with Crippen LogP contribution >= 0.6 is 0 Å². The van der Waals surface area contributed by atoms with Crippen molar-refractivity contribution < 1.29 is 29.7 Å². The highest BCUT2D eigenvalue weighted by Gasteiger charge is 2.00. The highest BCUT2D eigenvalue weighted by Crippen LogP contribution is 2.16. The zero-order valence-electron chi connectivity index (χ0n) is 45.5. The van der Waals surface area contributed by atoms with Gasteiger partial charge < -0.3 is 32.1 Å². The van der Waals surface area contributed by atoms with Gasteiger partial charge in [0, 0.05) is 45.4 Å². The van der Waals surface area contributed by atoms with E-state index in [9.17, 15) is 14.4 Å². The molecule has 0 bridgehead atoms. The minimum absolute atomic E-state index is 0.345. The molecule has 0 fully saturated rings. The lowest BCUT2D eigenvalue weighted by Crippen LogP contribution is -2.27. The topological polar surface area (TPSA) is 176 Å². The Morgan fingerprint density at radius 3 is 0.522 bits per heavy atom. The molecule has 0 unspecified atom stereocenters. The molecule has 0 atom stereocenters. The SMILES string of the molecule is CCCCCCCCCCCCCCCCCC(=O)O.CCCCCCCCCCCCCCCCCC(=O)O.CCCCCCCCCCCCCCCCCC(=O)O.NCCNCCN. The third-order valence-electron chi connectivity index (χ3n) is 12.6. The van der Waals surface area contributed by atoms with Gasteiger partial charge in [-0.25, -0.2) is 0 Å². The minimum atomic E-state index is -0.653. The second kappa shape index (κ2) is 70.8. The predicted octanol–water partition coefficient (Wildman–Crippen LogP) is 17.5. The lowest BCUT2D eigenvalue weighted by molar-refractivity contribution is -0.138. The van der Waals surface area contributed by atoms with E-state index in [-0.39, 0.29) is 0 Å². The summed E-state index contributed by atoms with van der Waals surface area (Å²) >= 11 is 0. The maximum atomic E-state index is 10.3. The zero-order chi connectivity index (χ0) is 50.2. The summed E-state index contributed by atoms with van der Waals surface area (Å²) in [7, 11) is 0. The number of nitrogens with one attached hydrogen (secondary N) is 1. The molecule has 0 aliphatic carbocycles. The molecule has 9 heteroatoms. The largest absolute Gasteiger partial charge is 0.481 e. The van der Waals surface area contributed by atoms with Crippen LogP contribution in [0.1, 0.15) is 329 Å². The van der Waals surface area contributed by atoms with Crippen LogP contribution in [-0.4, -0.2) is 59.4 Å². The Kier molecular flexibility index (Phi) is 76.0. The highest BCUT2D eigenvalue weighted by atomic mass is 16.4. The molecule has 0 radical (unpaired) electrons. The monoisotopic (exact) mass is 956 g/mol. The standard InChI is InChI=1S/3C18H36O2.C4H13N3/c3*1-2-3-4-5-6-7-8-9-10-11-12-13-14-15-16-17-18(19)20;5-1-3-7-4-2-6/h3*2-17H2,1H3,(H,19,20);7H,1-6H2. The molecule has 0 aromatic carbocycles. The van der Waals surface area contributed by atoms with Crippen LogP contribution in [0.3, 0.4) is 0 Å². The van der Waals surface area contributed by atoms with Crippen molar-refractivity contribution in [2.45, 2.75) is 329 Å². The summed E-state index contributed by atoms with van der Waals surface area (Å²) in [6.07, 6.45) is 60.6. The van der Waals surface area contributed by atoms with Gasteiger partial charge in [0.1, 0.15) is 0 Å². The van der Waals surface area contributed by atoms with E-state index in [1.165, 1.54) is 250 Å². The Hall–Kier alpha value is -1.71. The quantitative estimate of drug-likeness (QED) is 0.0324. The first-order valence-electron chi connectivity index (χ1n) is 29.5. The van der Waals surface area contributed by atoms with Crippen molar-refractivity contribution in [3.05, 3.63) is 0 Å². The Balaban J connectivity index is -0.000000414. The van der Waals surface area contributed by atoms with Gasteiger partial charge in [0.25, 0.3) is 0 Å². The average Bonchev–Trinajstić information content (AvgIpc) is 3.31. The summed E-state index contributed by atoms with van der Waals surface area (Å²) in [5.41, 5.74) is 10.3. The third kappa shape index (κ3) is 87.8. The van der Waals surface area contributed by atoms with Gasteiger partial charge in [-0.2, -0.15) is 0 Å². The summed E-state index contributed by atoms with van der Waals surface area (Å²) in [5, 5.41) is 28.6. The fourth-order valence-corrected chi connectivity index (χ4v) is 8.27. The van der Waals surface area contributed by atoms with Crippen LogP contribution < -0.4 is 16.8 Å². The number of unbranched alkanes of at least 4 members (excludes halogenated alkanes) is 42. The first-order chi connectivity index (χ1) is 32.7. The molecular weight excluding hydrogens is 835 g/mol. The molecule has 0 aliphatic heterocycles. The molecule has 67 heavy (non-hydrogen) atoms. The fourth-order valence-electron chi connectivity index (χ4n) is 8.27. The Bertz CT molecular complexity index is 799. The number of carboxylic acids is 3. The molecule has 0 saturated carbocycles. The van der Waals surface area contributed by atoms with E-state index in [4.69, 9.17) is 26.8 Å². The number of carboxylic acid groups (broad SMARTS) is 3.